The summed E-state index contributed by atoms with van der Waals surface area (Å²) < 4.78 is 0. The van der Waals surface area contributed by atoms with Crippen molar-refractivity contribution in [2.24, 2.45) is 0 Å². The molecule has 1 aromatic heterocycles. The molecule has 0 saturated carbocycles. The van der Waals surface area contributed by atoms with Crippen molar-refractivity contribution in [1.82, 2.24) is 20.5 Å². The standard InChI is InChI=1S/C19H19N5O/c1-13-3-2-4-17-16(13)9-10-24(17)19(25)20-11-14-5-7-15(8-6-14)18-21-12-22-23-18/h2-8,12H,9-11H2,1H3,(H,20,25)(H,21,22,23). The number of carbonyl (C=O) groups is 1. The van der Waals surface area contributed by atoms with E-state index in [-0.39, 0.29) is 6.03 Å². The van der Waals surface area contributed by atoms with Gasteiger partial charge in [-0.25, -0.2) is 9.78 Å². The average molecular weight is 333 g/mol. The van der Waals surface area contributed by atoms with Crippen LogP contribution < -0.4 is 10.2 Å². The molecule has 0 bridgehead atoms. The minimum absolute atomic E-state index is 0.0522. The number of urea groups is 1. The highest BCUT2D eigenvalue weighted by Gasteiger charge is 2.25. The maximum absolute atomic E-state index is 12.5. The fourth-order valence-electron chi connectivity index (χ4n) is 3.22. The van der Waals surface area contributed by atoms with E-state index in [1.54, 1.807) is 0 Å². The molecule has 126 valence electrons. The summed E-state index contributed by atoms with van der Waals surface area (Å²) in [6.07, 6.45) is 2.40. The third-order valence-electron chi connectivity index (χ3n) is 4.59. The number of rotatable bonds is 3. The van der Waals surface area contributed by atoms with Gasteiger partial charge in [-0.15, -0.1) is 0 Å². The molecule has 0 saturated heterocycles. The monoisotopic (exact) mass is 333 g/mol. The van der Waals surface area contributed by atoms with Crippen molar-refractivity contribution in [2.75, 3.05) is 11.4 Å². The first-order chi connectivity index (χ1) is 12.2. The van der Waals surface area contributed by atoms with Crippen LogP contribution in [0.3, 0.4) is 0 Å². The van der Waals surface area contributed by atoms with Crippen molar-refractivity contribution in [1.29, 1.82) is 0 Å². The van der Waals surface area contributed by atoms with Crippen molar-refractivity contribution in [3.05, 3.63) is 65.5 Å². The van der Waals surface area contributed by atoms with Crippen LogP contribution in [-0.2, 0) is 13.0 Å². The predicted molar refractivity (Wildman–Crippen MR) is 96.3 cm³/mol. The number of amides is 2. The zero-order valence-electron chi connectivity index (χ0n) is 14.0. The van der Waals surface area contributed by atoms with E-state index in [2.05, 4.69) is 33.5 Å². The number of hydrogen-bond donors (Lipinski definition) is 2. The molecule has 0 unspecified atom stereocenters. The summed E-state index contributed by atoms with van der Waals surface area (Å²) in [6, 6.07) is 14.0. The smallest absolute Gasteiger partial charge is 0.322 e. The molecule has 3 aromatic rings. The number of nitrogens with zero attached hydrogens (tertiary/aromatic N) is 3. The molecule has 4 rings (SSSR count). The highest BCUT2D eigenvalue weighted by Crippen LogP contribution is 2.30. The Labute approximate surface area is 145 Å². The lowest BCUT2D eigenvalue weighted by atomic mass is 10.1. The Hall–Kier alpha value is -3.15. The van der Waals surface area contributed by atoms with Crippen molar-refractivity contribution < 1.29 is 4.79 Å². The number of nitrogens with one attached hydrogen (secondary N) is 2. The van der Waals surface area contributed by atoms with E-state index in [1.807, 2.05) is 41.3 Å². The summed E-state index contributed by atoms with van der Waals surface area (Å²) in [5, 5.41) is 9.69. The Morgan fingerprint density at radius 3 is 2.84 bits per heavy atom. The zero-order valence-corrected chi connectivity index (χ0v) is 14.0. The third-order valence-corrected chi connectivity index (χ3v) is 4.59. The normalized spacial score (nSPS) is 12.9. The molecule has 25 heavy (non-hydrogen) atoms. The molecule has 2 heterocycles. The fraction of sp³-hybridized carbons (Fsp3) is 0.211. The summed E-state index contributed by atoms with van der Waals surface area (Å²) in [5.41, 5.74) is 5.56. The zero-order chi connectivity index (χ0) is 17.2. The lowest BCUT2D eigenvalue weighted by molar-refractivity contribution is 0.246. The van der Waals surface area contributed by atoms with Crippen LogP contribution in [0.25, 0.3) is 11.4 Å². The van der Waals surface area contributed by atoms with Crippen LogP contribution >= 0.6 is 0 Å². The number of aryl methyl sites for hydroxylation is 1. The second-order valence-corrected chi connectivity index (χ2v) is 6.16. The van der Waals surface area contributed by atoms with Crippen molar-refractivity contribution in [3.63, 3.8) is 0 Å². The highest BCUT2D eigenvalue weighted by molar-refractivity contribution is 5.94. The summed E-state index contributed by atoms with van der Waals surface area (Å²) in [7, 11) is 0. The van der Waals surface area contributed by atoms with Gasteiger partial charge in [0.2, 0.25) is 0 Å². The van der Waals surface area contributed by atoms with Crippen LogP contribution in [0.1, 0.15) is 16.7 Å². The minimum Gasteiger partial charge on any atom is -0.334 e. The van der Waals surface area contributed by atoms with Gasteiger partial charge in [0.05, 0.1) is 0 Å². The fourth-order valence-corrected chi connectivity index (χ4v) is 3.22. The largest absolute Gasteiger partial charge is 0.334 e. The molecule has 6 nitrogen and oxygen atoms in total. The minimum atomic E-state index is -0.0522. The van der Waals surface area contributed by atoms with E-state index in [4.69, 9.17) is 0 Å². The first-order valence-electron chi connectivity index (χ1n) is 8.31. The van der Waals surface area contributed by atoms with E-state index in [9.17, 15) is 4.79 Å². The number of H-pyrrole nitrogens is 1. The van der Waals surface area contributed by atoms with Gasteiger partial charge in [-0.1, -0.05) is 36.4 Å². The average Bonchev–Trinajstić information content (AvgIpc) is 3.30. The van der Waals surface area contributed by atoms with Crippen LogP contribution in [-0.4, -0.2) is 27.8 Å². The first-order valence-corrected chi connectivity index (χ1v) is 8.31. The Morgan fingerprint density at radius 1 is 1.24 bits per heavy atom. The van der Waals surface area contributed by atoms with Crippen molar-refractivity contribution in [2.45, 2.75) is 19.9 Å². The lowest BCUT2D eigenvalue weighted by Gasteiger charge is -2.18. The van der Waals surface area contributed by atoms with Gasteiger partial charge in [-0.3, -0.25) is 10.00 Å². The van der Waals surface area contributed by atoms with Crippen LogP contribution in [0.2, 0.25) is 0 Å². The number of aromatic amines is 1. The van der Waals surface area contributed by atoms with Gasteiger partial charge in [-0.2, -0.15) is 5.10 Å². The summed E-state index contributed by atoms with van der Waals surface area (Å²) in [5.74, 6) is 0.736. The third kappa shape index (κ3) is 2.98. The molecule has 2 amide bonds. The Bertz CT molecular complexity index is 887. The lowest BCUT2D eigenvalue weighted by Crippen LogP contribution is -2.38. The molecular weight excluding hydrogens is 314 g/mol. The second kappa shape index (κ2) is 6.39. The summed E-state index contributed by atoms with van der Waals surface area (Å²) in [4.78, 5) is 18.5. The van der Waals surface area contributed by atoms with Crippen molar-refractivity contribution in [3.8, 4) is 11.4 Å². The van der Waals surface area contributed by atoms with E-state index in [0.717, 1.165) is 35.6 Å². The van der Waals surface area contributed by atoms with E-state index in [0.29, 0.717) is 6.54 Å². The number of fused-ring (bicyclic) bond motifs is 1. The van der Waals surface area contributed by atoms with Crippen LogP contribution in [0.5, 0.6) is 0 Å². The van der Waals surface area contributed by atoms with Gasteiger partial charge in [0.1, 0.15) is 6.33 Å². The Balaban J connectivity index is 1.41. The SMILES string of the molecule is Cc1cccc2c1CCN2C(=O)NCc1ccc(-c2ncn[nH]2)cc1. The van der Waals surface area contributed by atoms with Crippen LogP contribution in [0.4, 0.5) is 10.5 Å². The van der Waals surface area contributed by atoms with Gasteiger partial charge in [0.25, 0.3) is 0 Å². The Morgan fingerprint density at radius 2 is 2.08 bits per heavy atom. The molecule has 0 aliphatic carbocycles. The molecule has 0 spiro atoms. The second-order valence-electron chi connectivity index (χ2n) is 6.16. The van der Waals surface area contributed by atoms with E-state index < -0.39 is 0 Å². The van der Waals surface area contributed by atoms with Gasteiger partial charge >= 0.3 is 6.03 Å². The number of benzene rings is 2. The first kappa shape index (κ1) is 15.4. The number of aromatic nitrogens is 3. The quantitative estimate of drug-likeness (QED) is 0.773. The van der Waals surface area contributed by atoms with E-state index >= 15 is 0 Å². The van der Waals surface area contributed by atoms with Crippen LogP contribution in [0.15, 0.2) is 48.8 Å². The molecule has 6 heteroatoms. The molecule has 0 atom stereocenters. The number of hydrogen-bond acceptors (Lipinski definition) is 3. The topological polar surface area (TPSA) is 73.9 Å². The molecule has 1 aliphatic heterocycles. The molecule has 0 radical (unpaired) electrons. The molecule has 1 aliphatic rings. The van der Waals surface area contributed by atoms with Crippen LogP contribution in [0, 0.1) is 6.92 Å². The van der Waals surface area contributed by atoms with Crippen molar-refractivity contribution >= 4 is 11.7 Å². The molecule has 2 aromatic carbocycles. The summed E-state index contributed by atoms with van der Waals surface area (Å²) >= 11 is 0. The van der Waals surface area contributed by atoms with Gasteiger partial charge in [-0.05, 0) is 36.1 Å². The summed E-state index contributed by atoms with van der Waals surface area (Å²) in [6.45, 7) is 3.32. The maximum Gasteiger partial charge on any atom is 0.322 e. The van der Waals surface area contributed by atoms with Gasteiger partial charge in [0.15, 0.2) is 5.82 Å². The predicted octanol–water partition coefficient (Wildman–Crippen LogP) is 3.05. The van der Waals surface area contributed by atoms with E-state index in [1.165, 1.54) is 17.5 Å². The Kier molecular flexibility index (Phi) is 3.93. The maximum atomic E-state index is 12.5. The molecule has 2 N–H and O–H groups in total. The van der Waals surface area contributed by atoms with Gasteiger partial charge in [0, 0.05) is 24.3 Å². The molecule has 0 fully saturated rings. The number of anilines is 1. The molecular formula is C19H19N5O. The highest BCUT2D eigenvalue weighted by atomic mass is 16.2. The number of carbonyl (C=O) groups excluding carboxylic acids is 1. The van der Waals surface area contributed by atoms with Gasteiger partial charge < -0.3 is 5.32 Å².